The molecule has 1 rings (SSSR count). The van der Waals surface area contributed by atoms with Crippen LogP contribution in [0.25, 0.3) is 0 Å². The van der Waals surface area contributed by atoms with E-state index < -0.39 is 5.91 Å². The second-order valence-corrected chi connectivity index (χ2v) is 2.78. The summed E-state index contributed by atoms with van der Waals surface area (Å²) in [4.78, 5) is 10.7. The number of hydrogen-bond donors (Lipinski definition) is 1. The van der Waals surface area contributed by atoms with Crippen molar-refractivity contribution in [2.24, 2.45) is 5.73 Å². The first-order chi connectivity index (χ1) is 5.13. The largest absolute Gasteiger partial charge is 0.366 e. The molecule has 0 aliphatic rings. The molecule has 1 aromatic rings. The molecule has 0 spiro atoms. The van der Waals surface area contributed by atoms with Crippen molar-refractivity contribution in [3.8, 4) is 0 Å². The van der Waals surface area contributed by atoms with E-state index in [1.165, 1.54) is 0 Å². The normalized spacial score (nSPS) is 9.64. The number of benzene rings is 1. The lowest BCUT2D eigenvalue weighted by Gasteiger charge is -2.00. The summed E-state index contributed by atoms with van der Waals surface area (Å²) in [5.41, 5.74) is 5.18. The molecule has 2 nitrogen and oxygen atoms in total. The number of hydrogen-bond acceptors (Lipinski definition) is 1. The smallest absolute Gasteiger partial charge is 0.251 e. The van der Waals surface area contributed by atoms with Crippen molar-refractivity contribution in [1.82, 2.24) is 0 Å². The third-order valence-electron chi connectivity index (χ3n) is 1.21. The van der Waals surface area contributed by atoms with Gasteiger partial charge in [0.2, 0.25) is 0 Å². The topological polar surface area (TPSA) is 43.1 Å². The molecular formula is C7H5Cl2NO. The van der Waals surface area contributed by atoms with Gasteiger partial charge in [-0.05, 0) is 12.1 Å². The highest BCUT2D eigenvalue weighted by Crippen LogP contribution is 2.22. The fourth-order valence-corrected chi connectivity index (χ4v) is 1.32. The summed E-state index contributed by atoms with van der Waals surface area (Å²) in [5, 5.41) is 0.565. The molecule has 0 saturated heterocycles. The highest BCUT2D eigenvalue weighted by atomic mass is 35.5. The summed E-state index contributed by atoms with van der Waals surface area (Å²) in [5.74, 6) is -0.611. The van der Waals surface area contributed by atoms with Crippen molar-refractivity contribution in [3.63, 3.8) is 0 Å². The zero-order valence-corrected chi connectivity index (χ0v) is 6.99. The van der Waals surface area contributed by atoms with Crippen molar-refractivity contribution in [2.75, 3.05) is 0 Å². The van der Waals surface area contributed by atoms with E-state index in [9.17, 15) is 4.79 Å². The fourth-order valence-electron chi connectivity index (χ4n) is 0.733. The van der Waals surface area contributed by atoms with Crippen molar-refractivity contribution in [1.29, 1.82) is 0 Å². The Labute approximate surface area is 73.9 Å². The van der Waals surface area contributed by atoms with Crippen LogP contribution in [-0.4, -0.2) is 5.91 Å². The molecular weight excluding hydrogens is 185 g/mol. The monoisotopic (exact) mass is 189 g/mol. The number of rotatable bonds is 1. The summed E-state index contributed by atoms with van der Waals surface area (Å²) in [7, 11) is 0. The van der Waals surface area contributed by atoms with Crippen molar-refractivity contribution < 1.29 is 4.79 Å². The Morgan fingerprint density at radius 1 is 1.27 bits per heavy atom. The summed E-state index contributed by atoms with van der Waals surface area (Å²) in [6, 6.07) is 4.78. The molecule has 0 bridgehead atoms. The Kier molecular flexibility index (Phi) is 2.37. The number of carbonyl (C=O) groups excluding carboxylic acids is 1. The average molecular weight is 190 g/mol. The Morgan fingerprint density at radius 2 is 1.73 bits per heavy atom. The van der Waals surface area contributed by atoms with Gasteiger partial charge in [0, 0.05) is 0 Å². The van der Waals surface area contributed by atoms with E-state index in [2.05, 4.69) is 0 Å². The predicted octanol–water partition coefficient (Wildman–Crippen LogP) is 2.09. The minimum Gasteiger partial charge on any atom is -0.366 e. The van der Waals surface area contributed by atoms with Crippen molar-refractivity contribution >= 4 is 29.1 Å². The Balaban J connectivity index is 3.32. The molecule has 0 fully saturated rings. The molecule has 2 N–H and O–H groups in total. The third kappa shape index (κ3) is 1.64. The van der Waals surface area contributed by atoms with E-state index in [1.54, 1.807) is 18.2 Å². The van der Waals surface area contributed by atoms with Crippen LogP contribution in [0.3, 0.4) is 0 Å². The Morgan fingerprint density at radius 3 is 2.00 bits per heavy atom. The molecule has 0 aliphatic heterocycles. The first-order valence-electron chi connectivity index (χ1n) is 2.86. The fraction of sp³-hybridized carbons (Fsp3) is 0. The minimum atomic E-state index is -0.611. The third-order valence-corrected chi connectivity index (χ3v) is 1.84. The minimum absolute atomic E-state index is 0.177. The summed E-state index contributed by atoms with van der Waals surface area (Å²) in [6.07, 6.45) is 0. The lowest BCUT2D eigenvalue weighted by atomic mass is 10.2. The molecule has 4 heteroatoms. The molecule has 1 aromatic carbocycles. The second-order valence-electron chi connectivity index (χ2n) is 1.96. The molecule has 58 valence electrons. The van der Waals surface area contributed by atoms with Crippen LogP contribution in [0, 0.1) is 0 Å². The number of halogens is 2. The van der Waals surface area contributed by atoms with Crippen LogP contribution >= 0.6 is 23.2 Å². The van der Waals surface area contributed by atoms with E-state index in [1.807, 2.05) is 0 Å². The molecule has 0 radical (unpaired) electrons. The average Bonchev–Trinajstić information content (AvgIpc) is 1.85. The van der Waals surface area contributed by atoms with Gasteiger partial charge in [0.05, 0.1) is 15.6 Å². The van der Waals surface area contributed by atoms with Crippen LogP contribution in [0.15, 0.2) is 18.2 Å². The maximum atomic E-state index is 10.7. The van der Waals surface area contributed by atoms with E-state index in [4.69, 9.17) is 28.9 Å². The molecule has 0 atom stereocenters. The maximum absolute atomic E-state index is 10.7. The van der Waals surface area contributed by atoms with Gasteiger partial charge < -0.3 is 5.73 Å². The van der Waals surface area contributed by atoms with Crippen molar-refractivity contribution in [2.45, 2.75) is 0 Å². The first-order valence-corrected chi connectivity index (χ1v) is 3.62. The number of nitrogens with two attached hydrogens (primary N) is 1. The van der Waals surface area contributed by atoms with E-state index in [0.29, 0.717) is 0 Å². The van der Waals surface area contributed by atoms with Gasteiger partial charge >= 0.3 is 0 Å². The molecule has 0 unspecified atom stereocenters. The summed E-state index contributed by atoms with van der Waals surface area (Å²) in [6.45, 7) is 0. The Hall–Kier alpha value is -0.730. The van der Waals surface area contributed by atoms with Gasteiger partial charge in [-0.1, -0.05) is 29.3 Å². The molecule has 0 aromatic heterocycles. The van der Waals surface area contributed by atoms with Gasteiger partial charge in [0.25, 0.3) is 5.91 Å². The number of amides is 1. The summed E-state index contributed by atoms with van der Waals surface area (Å²) >= 11 is 11.3. The van der Waals surface area contributed by atoms with Crippen molar-refractivity contribution in [3.05, 3.63) is 33.8 Å². The Bertz CT molecular complexity index is 278. The van der Waals surface area contributed by atoms with Gasteiger partial charge in [-0.25, -0.2) is 0 Å². The highest BCUT2D eigenvalue weighted by Gasteiger charge is 2.09. The van der Waals surface area contributed by atoms with Crippen LogP contribution in [0.2, 0.25) is 10.0 Å². The van der Waals surface area contributed by atoms with Gasteiger partial charge in [-0.3, -0.25) is 4.79 Å². The lowest BCUT2D eigenvalue weighted by molar-refractivity contribution is 0.100. The van der Waals surface area contributed by atoms with Gasteiger partial charge in [-0.15, -0.1) is 0 Å². The predicted molar refractivity (Wildman–Crippen MR) is 45.0 cm³/mol. The molecule has 0 saturated carbocycles. The van der Waals surface area contributed by atoms with Gasteiger partial charge in [0.1, 0.15) is 0 Å². The molecule has 0 aliphatic carbocycles. The quantitative estimate of drug-likeness (QED) is 0.723. The maximum Gasteiger partial charge on any atom is 0.251 e. The second kappa shape index (κ2) is 3.11. The van der Waals surface area contributed by atoms with E-state index in [-0.39, 0.29) is 15.6 Å². The van der Waals surface area contributed by atoms with Gasteiger partial charge in [-0.2, -0.15) is 0 Å². The van der Waals surface area contributed by atoms with Crippen LogP contribution in [-0.2, 0) is 0 Å². The molecule has 1 amide bonds. The molecule has 11 heavy (non-hydrogen) atoms. The zero-order chi connectivity index (χ0) is 8.43. The number of primary amides is 1. The standard InChI is InChI=1S/C7H5Cl2NO/c8-4-2-1-3-5(9)6(4)7(10)11/h1-3H,(H2,10,11). The highest BCUT2D eigenvalue weighted by molar-refractivity contribution is 6.39. The zero-order valence-electron chi connectivity index (χ0n) is 5.47. The van der Waals surface area contributed by atoms with Crippen LogP contribution in [0.5, 0.6) is 0 Å². The van der Waals surface area contributed by atoms with Gasteiger partial charge in [0.15, 0.2) is 0 Å². The van der Waals surface area contributed by atoms with Crippen LogP contribution < -0.4 is 5.73 Å². The summed E-state index contributed by atoms with van der Waals surface area (Å²) < 4.78 is 0. The van der Waals surface area contributed by atoms with Crippen LogP contribution in [0.4, 0.5) is 0 Å². The first kappa shape index (κ1) is 8.37. The van der Waals surface area contributed by atoms with E-state index >= 15 is 0 Å². The lowest BCUT2D eigenvalue weighted by Crippen LogP contribution is -2.12. The molecule has 0 heterocycles. The van der Waals surface area contributed by atoms with E-state index in [0.717, 1.165) is 0 Å². The SMILES string of the molecule is NC(=O)c1c(Cl)cccc1Cl. The van der Waals surface area contributed by atoms with Crippen LogP contribution in [0.1, 0.15) is 10.4 Å². The number of carbonyl (C=O) groups is 1.